The normalized spacial score (nSPS) is 21.7. The number of nitrogens with zero attached hydrogens (tertiary/aromatic N) is 2. The highest BCUT2D eigenvalue weighted by Crippen LogP contribution is 2.38. The molecule has 4 heterocycles. The van der Waals surface area contributed by atoms with Gasteiger partial charge in [-0.1, -0.05) is 29.8 Å². The van der Waals surface area contributed by atoms with Gasteiger partial charge in [0.15, 0.2) is 0 Å². The summed E-state index contributed by atoms with van der Waals surface area (Å²) in [5, 5.41) is 2.42. The lowest BCUT2D eigenvalue weighted by molar-refractivity contribution is 0.186. The van der Waals surface area contributed by atoms with Gasteiger partial charge in [0.1, 0.15) is 4.21 Å². The molecule has 0 spiro atoms. The number of aromatic nitrogens is 1. The van der Waals surface area contributed by atoms with E-state index in [1.807, 2.05) is 28.8 Å². The van der Waals surface area contributed by atoms with Gasteiger partial charge in [-0.2, -0.15) is 4.31 Å². The van der Waals surface area contributed by atoms with Crippen LogP contribution >= 0.6 is 22.9 Å². The first-order chi connectivity index (χ1) is 13.9. The van der Waals surface area contributed by atoms with Crippen LogP contribution in [0.1, 0.15) is 18.0 Å². The maximum Gasteiger partial charge on any atom is 0.258 e. The van der Waals surface area contributed by atoms with E-state index in [9.17, 15) is 13.2 Å². The standard InChI is InChI=1S/C21H19ClN2O3S2/c22-17-5-3-15(4-6-17)18-7-8-19-16-10-14(12-24(19)21(18)25)11-23(13-16)29(26,27)20-2-1-9-28-20/h1-9,14,16H,10-13H2/t14-,16+/m0/s1. The van der Waals surface area contributed by atoms with Crippen LogP contribution in [0, 0.1) is 5.92 Å². The van der Waals surface area contributed by atoms with Gasteiger partial charge in [0.25, 0.3) is 15.6 Å². The molecule has 3 aromatic rings. The van der Waals surface area contributed by atoms with Crippen LogP contribution < -0.4 is 5.56 Å². The van der Waals surface area contributed by atoms with Gasteiger partial charge in [0, 0.05) is 41.8 Å². The predicted octanol–water partition coefficient (Wildman–Crippen LogP) is 4.04. The second-order valence-corrected chi connectivity index (χ2v) is 11.2. The summed E-state index contributed by atoms with van der Waals surface area (Å²) in [6.45, 7) is 1.41. The maximum atomic E-state index is 13.2. The number of sulfonamides is 1. The lowest BCUT2D eigenvalue weighted by atomic mass is 9.84. The minimum Gasteiger partial charge on any atom is -0.311 e. The predicted molar refractivity (Wildman–Crippen MR) is 115 cm³/mol. The molecule has 2 bridgehead atoms. The molecule has 1 aromatic carbocycles. The zero-order chi connectivity index (χ0) is 20.2. The third-order valence-corrected chi connectivity index (χ3v) is 9.27. The van der Waals surface area contributed by atoms with E-state index in [0.29, 0.717) is 34.4 Å². The van der Waals surface area contributed by atoms with Crippen LogP contribution in [0.4, 0.5) is 0 Å². The Morgan fingerprint density at radius 2 is 1.79 bits per heavy atom. The molecule has 150 valence electrons. The maximum absolute atomic E-state index is 13.2. The van der Waals surface area contributed by atoms with Crippen molar-refractivity contribution in [3.05, 3.63) is 75.0 Å². The highest BCUT2D eigenvalue weighted by Gasteiger charge is 2.40. The van der Waals surface area contributed by atoms with Gasteiger partial charge in [-0.05, 0) is 53.6 Å². The molecule has 2 aromatic heterocycles. The summed E-state index contributed by atoms with van der Waals surface area (Å²) in [5.74, 6) is 0.165. The van der Waals surface area contributed by atoms with Crippen molar-refractivity contribution in [3.63, 3.8) is 0 Å². The molecular weight excluding hydrogens is 428 g/mol. The molecule has 0 aliphatic carbocycles. The lowest BCUT2D eigenvalue weighted by Gasteiger charge is -2.42. The summed E-state index contributed by atoms with van der Waals surface area (Å²) < 4.78 is 29.8. The van der Waals surface area contributed by atoms with Crippen LogP contribution in [0.5, 0.6) is 0 Å². The number of thiophene rings is 1. The van der Waals surface area contributed by atoms with E-state index in [1.165, 1.54) is 11.3 Å². The molecule has 1 saturated heterocycles. The Morgan fingerprint density at radius 1 is 1.00 bits per heavy atom. The lowest BCUT2D eigenvalue weighted by Crippen LogP contribution is -2.49. The third-order valence-electron chi connectivity index (χ3n) is 5.82. The summed E-state index contributed by atoms with van der Waals surface area (Å²) in [6.07, 6.45) is 0.913. The number of hydrogen-bond donors (Lipinski definition) is 0. The fourth-order valence-electron chi connectivity index (χ4n) is 4.48. The molecule has 5 rings (SSSR count). The zero-order valence-corrected chi connectivity index (χ0v) is 17.9. The monoisotopic (exact) mass is 446 g/mol. The summed E-state index contributed by atoms with van der Waals surface area (Å²) in [7, 11) is -3.48. The zero-order valence-electron chi connectivity index (χ0n) is 15.5. The SMILES string of the molecule is O=c1c(-c2ccc(Cl)cc2)ccc2n1C[C@H]1C[C@@H]2CN(S(=O)(=O)c2cccs2)C1. The fourth-order valence-corrected chi connectivity index (χ4v) is 7.32. The average molecular weight is 447 g/mol. The van der Waals surface area contributed by atoms with E-state index in [-0.39, 0.29) is 17.4 Å². The molecule has 0 unspecified atom stereocenters. The first kappa shape index (κ1) is 19.1. The van der Waals surface area contributed by atoms with E-state index in [1.54, 1.807) is 34.0 Å². The molecule has 0 amide bonds. The van der Waals surface area contributed by atoms with Gasteiger partial charge in [0.05, 0.1) is 0 Å². The highest BCUT2D eigenvalue weighted by atomic mass is 35.5. The van der Waals surface area contributed by atoms with Crippen LogP contribution in [0.2, 0.25) is 5.02 Å². The van der Waals surface area contributed by atoms with Crippen LogP contribution in [0.25, 0.3) is 11.1 Å². The van der Waals surface area contributed by atoms with E-state index >= 15 is 0 Å². The van der Waals surface area contributed by atoms with Crippen molar-refractivity contribution in [2.45, 2.75) is 23.1 Å². The number of fused-ring (bicyclic) bond motifs is 4. The Bertz CT molecular complexity index is 1220. The van der Waals surface area contributed by atoms with E-state index < -0.39 is 10.0 Å². The second kappa shape index (κ2) is 7.09. The van der Waals surface area contributed by atoms with Gasteiger partial charge in [-0.3, -0.25) is 4.79 Å². The van der Waals surface area contributed by atoms with E-state index in [4.69, 9.17) is 11.6 Å². The number of piperidine rings is 1. The molecule has 2 aliphatic heterocycles. The Morgan fingerprint density at radius 3 is 2.52 bits per heavy atom. The Hall–Kier alpha value is -1.93. The third kappa shape index (κ3) is 3.26. The molecule has 1 fully saturated rings. The highest BCUT2D eigenvalue weighted by molar-refractivity contribution is 7.91. The van der Waals surface area contributed by atoms with Crippen molar-refractivity contribution in [2.24, 2.45) is 5.92 Å². The van der Waals surface area contributed by atoms with Crippen molar-refractivity contribution in [3.8, 4) is 11.1 Å². The average Bonchev–Trinajstić information content (AvgIpc) is 3.25. The van der Waals surface area contributed by atoms with Gasteiger partial charge in [-0.25, -0.2) is 8.42 Å². The molecule has 2 aliphatic rings. The van der Waals surface area contributed by atoms with E-state index in [0.717, 1.165) is 17.7 Å². The minimum absolute atomic E-state index is 0.0194. The Balaban J connectivity index is 1.51. The minimum atomic E-state index is -3.48. The number of halogens is 1. The first-order valence-electron chi connectivity index (χ1n) is 9.47. The van der Waals surface area contributed by atoms with Gasteiger partial charge >= 0.3 is 0 Å². The van der Waals surface area contributed by atoms with Crippen molar-refractivity contribution in [1.82, 2.24) is 8.87 Å². The number of hydrogen-bond acceptors (Lipinski definition) is 4. The molecule has 2 atom stereocenters. The van der Waals surface area contributed by atoms with Crippen molar-refractivity contribution in [2.75, 3.05) is 13.1 Å². The number of rotatable bonds is 3. The summed E-state index contributed by atoms with van der Waals surface area (Å²) in [4.78, 5) is 13.2. The van der Waals surface area contributed by atoms with Gasteiger partial charge in [0.2, 0.25) is 0 Å². The smallest absolute Gasteiger partial charge is 0.258 e. The van der Waals surface area contributed by atoms with Crippen LogP contribution in [0.3, 0.4) is 0 Å². The molecule has 5 nitrogen and oxygen atoms in total. The van der Waals surface area contributed by atoms with Crippen molar-refractivity contribution >= 4 is 33.0 Å². The van der Waals surface area contributed by atoms with Crippen LogP contribution in [0.15, 0.2) is 62.9 Å². The topological polar surface area (TPSA) is 59.4 Å². The molecule has 0 N–H and O–H groups in total. The van der Waals surface area contributed by atoms with E-state index in [2.05, 4.69) is 0 Å². The van der Waals surface area contributed by atoms with Crippen molar-refractivity contribution in [1.29, 1.82) is 0 Å². The summed E-state index contributed by atoms with van der Waals surface area (Å²) in [5.41, 5.74) is 2.39. The number of pyridine rings is 1. The fraction of sp³-hybridized carbons (Fsp3) is 0.286. The molecular formula is C21H19ClN2O3S2. The molecule has 0 radical (unpaired) electrons. The van der Waals surface area contributed by atoms with Gasteiger partial charge in [-0.15, -0.1) is 11.3 Å². The Labute approximate surface area is 178 Å². The van der Waals surface area contributed by atoms with Gasteiger partial charge < -0.3 is 4.57 Å². The number of benzene rings is 1. The Kier molecular flexibility index (Phi) is 4.66. The first-order valence-corrected chi connectivity index (χ1v) is 12.2. The van der Waals surface area contributed by atoms with Crippen LogP contribution in [-0.2, 0) is 16.6 Å². The van der Waals surface area contributed by atoms with Crippen LogP contribution in [-0.4, -0.2) is 30.4 Å². The molecule has 29 heavy (non-hydrogen) atoms. The largest absolute Gasteiger partial charge is 0.311 e. The molecule has 0 saturated carbocycles. The summed E-state index contributed by atoms with van der Waals surface area (Å²) >= 11 is 7.22. The van der Waals surface area contributed by atoms with Crippen molar-refractivity contribution < 1.29 is 8.42 Å². The summed E-state index contributed by atoms with van der Waals surface area (Å²) in [6, 6.07) is 14.5. The quantitative estimate of drug-likeness (QED) is 0.610. The molecule has 8 heteroatoms. The second-order valence-electron chi connectivity index (χ2n) is 7.65.